The number of halogens is 1. The van der Waals surface area contributed by atoms with Gasteiger partial charge in [-0.1, -0.05) is 35.9 Å². The molecular formula is C22H19ClN4O2. The van der Waals surface area contributed by atoms with Crippen molar-refractivity contribution >= 4 is 34.2 Å². The lowest BCUT2D eigenvalue weighted by atomic mass is 10.1. The lowest BCUT2D eigenvalue weighted by Gasteiger charge is -2.10. The Morgan fingerprint density at radius 3 is 2.72 bits per heavy atom. The predicted octanol–water partition coefficient (Wildman–Crippen LogP) is 5.21. The van der Waals surface area contributed by atoms with Crippen LogP contribution in [0.4, 0.5) is 10.5 Å². The fraction of sp³-hybridized carbons (Fsp3) is 0.0909. The molecule has 3 N–H and O–H groups in total. The zero-order valence-electron chi connectivity index (χ0n) is 15.7. The molecular weight excluding hydrogens is 388 g/mol. The van der Waals surface area contributed by atoms with E-state index in [1.165, 1.54) is 0 Å². The summed E-state index contributed by atoms with van der Waals surface area (Å²) in [5.41, 5.74) is 4.04. The Morgan fingerprint density at radius 1 is 1.14 bits per heavy atom. The standard InChI is InChI=1S/C22H19ClN4O2/c1-29-16-5-2-4-14(12-16)13-25-22(28)27-21-17-6-3-7-18(23)20(17)26-19(21)15-8-10-24-11-9-15/h2-12,26H,13H2,1H3,(H2,25,27,28). The number of ether oxygens (including phenoxy) is 1. The van der Waals surface area contributed by atoms with Crippen molar-refractivity contribution in [2.24, 2.45) is 0 Å². The molecule has 7 heteroatoms. The number of fused-ring (bicyclic) bond motifs is 1. The van der Waals surface area contributed by atoms with Crippen LogP contribution in [-0.4, -0.2) is 23.1 Å². The number of hydrogen-bond acceptors (Lipinski definition) is 3. The van der Waals surface area contributed by atoms with E-state index >= 15 is 0 Å². The number of carbonyl (C=O) groups is 1. The van der Waals surface area contributed by atoms with Crippen LogP contribution in [0.2, 0.25) is 5.02 Å². The van der Waals surface area contributed by atoms with Crippen LogP contribution in [-0.2, 0) is 6.54 Å². The van der Waals surface area contributed by atoms with Crippen LogP contribution in [0.3, 0.4) is 0 Å². The maximum Gasteiger partial charge on any atom is 0.319 e. The summed E-state index contributed by atoms with van der Waals surface area (Å²) in [6.45, 7) is 0.372. The number of H-pyrrole nitrogens is 1. The zero-order chi connectivity index (χ0) is 20.2. The number of aromatic nitrogens is 2. The van der Waals surface area contributed by atoms with Crippen LogP contribution in [0, 0.1) is 0 Å². The van der Waals surface area contributed by atoms with Gasteiger partial charge in [-0.2, -0.15) is 0 Å². The van der Waals surface area contributed by atoms with E-state index in [0.717, 1.165) is 33.5 Å². The highest BCUT2D eigenvalue weighted by molar-refractivity contribution is 6.36. The van der Waals surface area contributed by atoms with Crippen LogP contribution in [0.5, 0.6) is 5.75 Å². The van der Waals surface area contributed by atoms with Gasteiger partial charge in [0.25, 0.3) is 0 Å². The quantitative estimate of drug-likeness (QED) is 0.425. The lowest BCUT2D eigenvalue weighted by Crippen LogP contribution is -2.28. The summed E-state index contributed by atoms with van der Waals surface area (Å²) in [4.78, 5) is 20.0. The van der Waals surface area contributed by atoms with Crippen molar-refractivity contribution in [1.29, 1.82) is 0 Å². The highest BCUT2D eigenvalue weighted by atomic mass is 35.5. The van der Waals surface area contributed by atoms with Gasteiger partial charge in [0.15, 0.2) is 0 Å². The summed E-state index contributed by atoms with van der Waals surface area (Å²) in [6, 6.07) is 16.6. The Morgan fingerprint density at radius 2 is 1.93 bits per heavy atom. The molecule has 4 rings (SSSR count). The van der Waals surface area contributed by atoms with Gasteiger partial charge in [0.2, 0.25) is 0 Å². The monoisotopic (exact) mass is 406 g/mol. The van der Waals surface area contributed by atoms with Crippen molar-refractivity contribution in [1.82, 2.24) is 15.3 Å². The van der Waals surface area contributed by atoms with E-state index < -0.39 is 0 Å². The molecule has 0 saturated heterocycles. The minimum absolute atomic E-state index is 0.316. The molecule has 0 fully saturated rings. The van der Waals surface area contributed by atoms with Gasteiger partial charge in [-0.15, -0.1) is 0 Å². The highest BCUT2D eigenvalue weighted by Gasteiger charge is 2.17. The van der Waals surface area contributed by atoms with Crippen LogP contribution in [0.1, 0.15) is 5.56 Å². The predicted molar refractivity (Wildman–Crippen MR) is 115 cm³/mol. The molecule has 0 spiro atoms. The SMILES string of the molecule is COc1cccc(CNC(=O)Nc2c(-c3ccncc3)[nH]c3c(Cl)cccc23)c1. The number of methoxy groups -OCH3 is 1. The molecule has 146 valence electrons. The summed E-state index contributed by atoms with van der Waals surface area (Å²) in [5.74, 6) is 0.746. The van der Waals surface area contributed by atoms with E-state index in [1.807, 2.05) is 54.6 Å². The lowest BCUT2D eigenvalue weighted by molar-refractivity contribution is 0.252. The van der Waals surface area contributed by atoms with Crippen molar-refractivity contribution in [3.8, 4) is 17.0 Å². The Hall–Kier alpha value is -3.51. The first-order valence-corrected chi connectivity index (χ1v) is 9.42. The van der Waals surface area contributed by atoms with Crippen LogP contribution in [0.15, 0.2) is 67.0 Å². The second kappa shape index (κ2) is 8.24. The molecule has 2 aromatic carbocycles. The minimum Gasteiger partial charge on any atom is -0.497 e. The third-order valence-corrected chi connectivity index (χ3v) is 4.89. The molecule has 2 heterocycles. The van der Waals surface area contributed by atoms with E-state index in [-0.39, 0.29) is 6.03 Å². The van der Waals surface area contributed by atoms with Crippen molar-refractivity contribution < 1.29 is 9.53 Å². The zero-order valence-corrected chi connectivity index (χ0v) is 16.5. The molecule has 0 saturated carbocycles. The maximum absolute atomic E-state index is 12.6. The number of anilines is 1. The molecule has 0 aliphatic carbocycles. The molecule has 0 aliphatic heterocycles. The van der Waals surface area contributed by atoms with Gasteiger partial charge in [-0.25, -0.2) is 4.79 Å². The third kappa shape index (κ3) is 4.02. The molecule has 2 amide bonds. The average molecular weight is 407 g/mol. The molecule has 6 nitrogen and oxygen atoms in total. The molecule has 0 radical (unpaired) electrons. The van der Waals surface area contributed by atoms with Crippen molar-refractivity contribution in [3.05, 3.63) is 77.6 Å². The van der Waals surface area contributed by atoms with E-state index in [0.29, 0.717) is 17.3 Å². The number of amides is 2. The summed E-state index contributed by atoms with van der Waals surface area (Å²) in [7, 11) is 1.61. The minimum atomic E-state index is -0.316. The molecule has 0 unspecified atom stereocenters. The number of hydrogen-bond donors (Lipinski definition) is 3. The first-order valence-electron chi connectivity index (χ1n) is 9.04. The number of nitrogens with zero attached hydrogens (tertiary/aromatic N) is 1. The largest absolute Gasteiger partial charge is 0.497 e. The Balaban J connectivity index is 1.61. The topological polar surface area (TPSA) is 79.0 Å². The molecule has 29 heavy (non-hydrogen) atoms. The summed E-state index contributed by atoms with van der Waals surface area (Å²) in [5, 5.41) is 7.27. The second-order valence-electron chi connectivity index (χ2n) is 6.43. The first-order chi connectivity index (χ1) is 14.2. The smallest absolute Gasteiger partial charge is 0.319 e. The number of urea groups is 1. The second-order valence-corrected chi connectivity index (χ2v) is 6.84. The molecule has 0 aliphatic rings. The Kier molecular flexibility index (Phi) is 5.35. The first kappa shape index (κ1) is 18.8. The van der Waals surface area contributed by atoms with E-state index in [9.17, 15) is 4.79 Å². The van der Waals surface area contributed by atoms with Crippen LogP contribution >= 0.6 is 11.6 Å². The maximum atomic E-state index is 12.6. The third-order valence-electron chi connectivity index (χ3n) is 4.58. The summed E-state index contributed by atoms with van der Waals surface area (Å²) >= 11 is 6.35. The summed E-state index contributed by atoms with van der Waals surface area (Å²) in [6.07, 6.45) is 3.41. The molecule has 0 bridgehead atoms. The molecule has 2 aromatic heterocycles. The van der Waals surface area contributed by atoms with Crippen molar-refractivity contribution in [2.75, 3.05) is 12.4 Å². The van der Waals surface area contributed by atoms with Gasteiger partial charge in [-0.05, 0) is 35.9 Å². The van der Waals surface area contributed by atoms with Crippen LogP contribution in [0.25, 0.3) is 22.2 Å². The van der Waals surface area contributed by atoms with E-state index in [4.69, 9.17) is 16.3 Å². The fourth-order valence-electron chi connectivity index (χ4n) is 3.17. The van der Waals surface area contributed by atoms with Crippen molar-refractivity contribution in [2.45, 2.75) is 6.54 Å². The van der Waals surface area contributed by atoms with Gasteiger partial charge in [0, 0.05) is 29.9 Å². The fourth-order valence-corrected chi connectivity index (χ4v) is 3.39. The van der Waals surface area contributed by atoms with E-state index in [1.54, 1.807) is 19.5 Å². The Bertz CT molecular complexity index is 1160. The van der Waals surface area contributed by atoms with Crippen LogP contribution < -0.4 is 15.4 Å². The number of para-hydroxylation sites is 1. The number of carbonyl (C=O) groups excluding carboxylic acids is 1. The highest BCUT2D eigenvalue weighted by Crippen LogP contribution is 2.37. The summed E-state index contributed by atoms with van der Waals surface area (Å²) < 4.78 is 5.22. The number of aromatic amines is 1. The molecule has 4 aromatic rings. The normalized spacial score (nSPS) is 10.7. The Labute approximate surface area is 172 Å². The van der Waals surface area contributed by atoms with Gasteiger partial charge in [0.1, 0.15) is 5.75 Å². The number of benzene rings is 2. The van der Waals surface area contributed by atoms with Gasteiger partial charge in [0.05, 0.1) is 29.0 Å². The number of nitrogens with one attached hydrogen (secondary N) is 3. The van der Waals surface area contributed by atoms with Gasteiger partial charge in [-0.3, -0.25) is 4.98 Å². The van der Waals surface area contributed by atoms with Crippen molar-refractivity contribution in [3.63, 3.8) is 0 Å². The molecule has 0 atom stereocenters. The van der Waals surface area contributed by atoms with Gasteiger partial charge >= 0.3 is 6.03 Å². The number of rotatable bonds is 5. The number of pyridine rings is 1. The average Bonchev–Trinajstić information content (AvgIpc) is 3.13. The van der Waals surface area contributed by atoms with E-state index in [2.05, 4.69) is 20.6 Å². The van der Waals surface area contributed by atoms with Gasteiger partial charge < -0.3 is 20.4 Å².